The molecule has 0 aliphatic carbocycles. The normalized spacial score (nSPS) is 13.5. The molecule has 0 atom stereocenters. The van der Waals surface area contributed by atoms with Crippen LogP contribution in [-0.4, -0.2) is 18.1 Å². The van der Waals surface area contributed by atoms with Crippen molar-refractivity contribution < 1.29 is 0 Å². The van der Waals surface area contributed by atoms with Crippen LogP contribution in [0.1, 0.15) is 40.8 Å². The van der Waals surface area contributed by atoms with Crippen LogP contribution in [0.15, 0.2) is 36.4 Å². The Hall–Kier alpha value is -2.34. The van der Waals surface area contributed by atoms with Crippen LogP contribution < -0.4 is 5.32 Å². The maximum absolute atomic E-state index is 7.24. The third-order valence-corrected chi connectivity index (χ3v) is 5.00. The summed E-state index contributed by atoms with van der Waals surface area (Å²) < 4.78 is 0. The average molecular weight is 441 g/mol. The Morgan fingerprint density at radius 3 is 2.21 bits per heavy atom. The van der Waals surface area contributed by atoms with Crippen molar-refractivity contribution in [1.29, 1.82) is 5.26 Å². The lowest BCUT2D eigenvalue weighted by Gasteiger charge is -2.21. The minimum Gasteiger partial charge on any atom is -0.312 e. The Bertz CT molecular complexity index is 849. The number of rotatable bonds is 0. The van der Waals surface area contributed by atoms with Crippen LogP contribution in [-0.2, 0) is 25.9 Å². The van der Waals surface area contributed by atoms with Crippen molar-refractivity contribution in [2.24, 2.45) is 0 Å². The molecule has 0 saturated heterocycles. The van der Waals surface area contributed by atoms with Crippen LogP contribution in [0.4, 0.5) is 0 Å². The molecule has 0 amide bonds. The molecule has 5 heteroatoms. The number of fused-ring (bicyclic) bond motifs is 2. The molecule has 2 heterocycles. The Morgan fingerprint density at radius 1 is 1.07 bits per heavy atom. The lowest BCUT2D eigenvalue weighted by molar-refractivity contribution is 0.347. The molecule has 2 aliphatic rings. The van der Waals surface area contributed by atoms with E-state index in [1.54, 1.807) is 15.6 Å². The van der Waals surface area contributed by atoms with Crippen molar-refractivity contribution in [2.75, 3.05) is 13.1 Å². The molecule has 0 fully saturated rings. The molecule has 148 valence electrons. The quantitative estimate of drug-likeness (QED) is 0.563. The van der Waals surface area contributed by atoms with Crippen molar-refractivity contribution >= 4 is 15.9 Å². The van der Waals surface area contributed by atoms with E-state index in [9.17, 15) is 0 Å². The predicted molar refractivity (Wildman–Crippen MR) is 120 cm³/mol. The monoisotopic (exact) mass is 440 g/mol. The smallest absolute Gasteiger partial charge is 0.142 e. The van der Waals surface area contributed by atoms with Gasteiger partial charge < -0.3 is 5.32 Å². The molecule has 0 radical (unpaired) electrons. The van der Waals surface area contributed by atoms with Crippen molar-refractivity contribution in [2.45, 2.75) is 47.2 Å². The van der Waals surface area contributed by atoms with Crippen LogP contribution in [0.2, 0.25) is 0 Å². The van der Waals surface area contributed by atoms with Gasteiger partial charge in [0.05, 0.1) is 6.54 Å². The molecule has 0 spiro atoms. The van der Waals surface area contributed by atoms with Crippen LogP contribution in [0, 0.1) is 30.7 Å². The minimum absolute atomic E-state index is 0. The van der Waals surface area contributed by atoms with E-state index in [1.165, 1.54) is 34.2 Å². The van der Waals surface area contributed by atoms with E-state index in [0.29, 0.717) is 0 Å². The van der Waals surface area contributed by atoms with Gasteiger partial charge >= 0.3 is 0 Å². The molecule has 0 saturated carbocycles. The highest BCUT2D eigenvalue weighted by atomic mass is 79.9. The zero-order valence-corrected chi connectivity index (χ0v) is 17.5. The SMILES string of the molecule is C.Cc1cccc2c1CCNC2.N#CBr.[C-]#[N+]N1CCc2c(C)cccc2C1. The number of benzene rings is 2. The number of hydrogen-bond acceptors (Lipinski definition) is 3. The van der Waals surface area contributed by atoms with Gasteiger partial charge in [0, 0.05) is 22.5 Å². The van der Waals surface area contributed by atoms with Gasteiger partial charge in [-0.05, 0) is 66.6 Å². The fourth-order valence-corrected chi connectivity index (χ4v) is 3.59. The third-order valence-electron chi connectivity index (χ3n) is 5.00. The summed E-state index contributed by atoms with van der Waals surface area (Å²) in [6, 6.07) is 12.9. The van der Waals surface area contributed by atoms with Crippen LogP contribution >= 0.6 is 15.9 Å². The molecule has 0 bridgehead atoms. The molecular formula is C23H29BrN4. The third kappa shape index (κ3) is 6.37. The van der Waals surface area contributed by atoms with Crippen molar-refractivity contribution in [1.82, 2.24) is 10.3 Å². The van der Waals surface area contributed by atoms with Crippen molar-refractivity contribution in [3.8, 4) is 4.98 Å². The summed E-state index contributed by atoms with van der Waals surface area (Å²) in [4.78, 5) is 5.02. The second-order valence-corrected chi connectivity index (χ2v) is 7.03. The number of nitrogens with zero attached hydrogens (tertiary/aromatic N) is 3. The Balaban J connectivity index is 0.000000241. The maximum Gasteiger partial charge on any atom is 0.142 e. The first kappa shape index (κ1) is 23.7. The zero-order chi connectivity index (χ0) is 19.6. The van der Waals surface area contributed by atoms with E-state index in [1.807, 2.05) is 0 Å². The first-order valence-electron chi connectivity index (χ1n) is 9.08. The highest BCUT2D eigenvalue weighted by Crippen LogP contribution is 2.21. The highest BCUT2D eigenvalue weighted by Gasteiger charge is 2.18. The van der Waals surface area contributed by atoms with E-state index < -0.39 is 0 Å². The summed E-state index contributed by atoms with van der Waals surface area (Å²) >= 11 is 2.45. The number of nitrogens with one attached hydrogen (secondary N) is 1. The van der Waals surface area contributed by atoms with Gasteiger partial charge in [-0.15, -0.1) is 5.01 Å². The number of hydrogen-bond donors (Lipinski definition) is 1. The molecule has 2 aromatic carbocycles. The van der Waals surface area contributed by atoms with E-state index in [4.69, 9.17) is 11.8 Å². The standard InChI is InChI=1S/C11H12N2.C10H13N.CBrN.CH4/c1-9-4-3-5-10-8-13(12-2)7-6-11(9)10;1-8-3-2-4-9-7-11-6-5-10(8)9;2-1-3;/h3-5H,6-8H2,1H3;2-4,11H,5-7H2,1H3;;1H4. The summed E-state index contributed by atoms with van der Waals surface area (Å²) in [5.41, 5.74) is 8.62. The second-order valence-electron chi connectivity index (χ2n) is 6.67. The van der Waals surface area contributed by atoms with Crippen LogP contribution in [0.5, 0.6) is 0 Å². The molecule has 2 aliphatic heterocycles. The predicted octanol–water partition coefficient (Wildman–Crippen LogP) is 5.33. The molecule has 4 nitrogen and oxygen atoms in total. The Morgan fingerprint density at radius 2 is 1.64 bits per heavy atom. The molecule has 0 aromatic heterocycles. The molecule has 2 aromatic rings. The van der Waals surface area contributed by atoms with Gasteiger partial charge in [-0.25, -0.2) is 0 Å². The van der Waals surface area contributed by atoms with Crippen molar-refractivity contribution in [3.05, 3.63) is 81.3 Å². The average Bonchev–Trinajstić information content (AvgIpc) is 2.69. The summed E-state index contributed by atoms with van der Waals surface area (Å²) in [5.74, 6) is 0. The molecule has 28 heavy (non-hydrogen) atoms. The summed E-state index contributed by atoms with van der Waals surface area (Å²) in [7, 11) is 0. The van der Waals surface area contributed by atoms with Crippen LogP contribution in [0.3, 0.4) is 0 Å². The zero-order valence-electron chi connectivity index (χ0n) is 15.9. The number of nitriles is 1. The van der Waals surface area contributed by atoms with Gasteiger partial charge in [-0.1, -0.05) is 43.8 Å². The first-order chi connectivity index (χ1) is 13.1. The molecular weight excluding hydrogens is 412 g/mol. The van der Waals surface area contributed by atoms with Crippen molar-refractivity contribution in [3.63, 3.8) is 0 Å². The molecule has 4 rings (SSSR count). The fourth-order valence-electron chi connectivity index (χ4n) is 3.59. The summed E-state index contributed by atoms with van der Waals surface area (Å²) in [5, 5.41) is 12.4. The van der Waals surface area contributed by atoms with E-state index in [0.717, 1.165) is 32.6 Å². The molecule has 0 unspecified atom stereocenters. The van der Waals surface area contributed by atoms with Gasteiger partial charge in [-0.3, -0.25) is 0 Å². The first-order valence-corrected chi connectivity index (χ1v) is 9.87. The Labute approximate surface area is 178 Å². The maximum atomic E-state index is 7.24. The van der Waals surface area contributed by atoms with E-state index in [-0.39, 0.29) is 7.43 Å². The Kier molecular flexibility index (Phi) is 10.3. The number of aryl methyl sites for hydroxylation is 2. The van der Waals surface area contributed by atoms with E-state index in [2.05, 4.69) is 76.4 Å². The van der Waals surface area contributed by atoms with Gasteiger partial charge in [0.2, 0.25) is 0 Å². The summed E-state index contributed by atoms with van der Waals surface area (Å²) in [6.45, 7) is 15.1. The van der Waals surface area contributed by atoms with Gasteiger partial charge in [0.15, 0.2) is 0 Å². The largest absolute Gasteiger partial charge is 0.312 e. The highest BCUT2D eigenvalue weighted by molar-refractivity contribution is 9.12. The lowest BCUT2D eigenvalue weighted by Crippen LogP contribution is -2.24. The minimum atomic E-state index is 0. The molecule has 1 N–H and O–H groups in total. The summed E-state index contributed by atoms with van der Waals surface area (Å²) in [6.07, 6.45) is 2.21. The topological polar surface area (TPSA) is 43.4 Å². The fraction of sp³-hybridized carbons (Fsp3) is 0.391. The van der Waals surface area contributed by atoms with Gasteiger partial charge in [-0.2, -0.15) is 16.8 Å². The van der Waals surface area contributed by atoms with Crippen LogP contribution in [0.25, 0.3) is 4.95 Å². The van der Waals surface area contributed by atoms with Gasteiger partial charge in [0.25, 0.3) is 0 Å². The van der Waals surface area contributed by atoms with E-state index >= 15 is 0 Å². The number of halogens is 1. The second kappa shape index (κ2) is 12.2. The lowest BCUT2D eigenvalue weighted by atomic mass is 9.96. The van der Waals surface area contributed by atoms with Gasteiger partial charge in [0.1, 0.15) is 11.5 Å².